The zero-order chi connectivity index (χ0) is 29.4. The third-order valence-corrected chi connectivity index (χ3v) is 5.69. The molecule has 16 heteroatoms. The second-order valence-corrected chi connectivity index (χ2v) is 8.88. The lowest BCUT2D eigenvalue weighted by atomic mass is 9.90. The molecule has 1 unspecified atom stereocenters. The van der Waals surface area contributed by atoms with Crippen molar-refractivity contribution < 1.29 is 55.3 Å². The van der Waals surface area contributed by atoms with Gasteiger partial charge in [-0.25, -0.2) is 14.0 Å². The predicted molar refractivity (Wildman–Crippen MR) is 122 cm³/mol. The number of halogens is 7. The number of hydrogen-bond acceptors (Lipinski definition) is 6. The van der Waals surface area contributed by atoms with E-state index in [0.29, 0.717) is 0 Å². The summed E-state index contributed by atoms with van der Waals surface area (Å²) < 4.78 is 85.2. The van der Waals surface area contributed by atoms with Gasteiger partial charge in [0.05, 0.1) is 18.4 Å². The van der Waals surface area contributed by atoms with Crippen molar-refractivity contribution in [2.24, 2.45) is 7.05 Å². The van der Waals surface area contributed by atoms with E-state index in [2.05, 4.69) is 21.1 Å². The number of anilines is 1. The number of rotatable bonds is 3. The molecule has 0 aliphatic carbocycles. The van der Waals surface area contributed by atoms with Gasteiger partial charge < -0.3 is 19.8 Å². The minimum absolute atomic E-state index is 0.162. The number of carboxylic acid groups (broad SMARTS) is 2. The molecule has 1 aromatic carbocycles. The second kappa shape index (κ2) is 13.1. The Morgan fingerprint density at radius 1 is 1.05 bits per heavy atom. The number of aryl methyl sites for hydroxylation is 1. The summed E-state index contributed by atoms with van der Waals surface area (Å²) in [4.78, 5) is 22.5. The van der Waals surface area contributed by atoms with Crippen molar-refractivity contribution in [3.8, 4) is 0 Å². The number of benzene rings is 1. The molecule has 3 heterocycles. The van der Waals surface area contributed by atoms with Crippen molar-refractivity contribution in [3.63, 3.8) is 0 Å². The molecule has 2 fully saturated rings. The van der Waals surface area contributed by atoms with E-state index < -0.39 is 24.3 Å². The smallest absolute Gasteiger partial charge is 0.475 e. The summed E-state index contributed by atoms with van der Waals surface area (Å²) in [7, 11) is 1.95. The van der Waals surface area contributed by atoms with Crippen molar-refractivity contribution >= 4 is 17.6 Å². The molecule has 2 saturated heterocycles. The van der Waals surface area contributed by atoms with Crippen LogP contribution < -0.4 is 4.90 Å². The van der Waals surface area contributed by atoms with Crippen LogP contribution in [0.5, 0.6) is 0 Å². The molecule has 0 saturated carbocycles. The van der Waals surface area contributed by atoms with E-state index in [4.69, 9.17) is 24.5 Å². The fourth-order valence-electron chi connectivity index (χ4n) is 4.11. The molecule has 1 aromatic heterocycles. The number of morpholine rings is 1. The summed E-state index contributed by atoms with van der Waals surface area (Å²) in [5.74, 6) is -5.69. The summed E-state index contributed by atoms with van der Waals surface area (Å²) >= 11 is 0. The first kappa shape index (κ1) is 31.8. The van der Waals surface area contributed by atoms with Crippen LogP contribution in [0.1, 0.15) is 18.4 Å². The van der Waals surface area contributed by atoms with Gasteiger partial charge in [-0.1, -0.05) is 6.07 Å². The highest BCUT2D eigenvalue weighted by molar-refractivity contribution is 5.73. The first-order valence-electron chi connectivity index (χ1n) is 11.5. The molecular formula is C23H27F7N4O5. The average molecular weight is 572 g/mol. The van der Waals surface area contributed by atoms with Crippen LogP contribution in [0, 0.1) is 5.82 Å². The number of aromatic nitrogens is 2. The van der Waals surface area contributed by atoms with Gasteiger partial charge in [-0.05, 0) is 31.0 Å². The molecule has 0 radical (unpaired) electrons. The average Bonchev–Trinajstić information content (AvgIpc) is 3.23. The number of aliphatic carboxylic acids is 2. The molecule has 39 heavy (non-hydrogen) atoms. The minimum Gasteiger partial charge on any atom is -0.475 e. The molecule has 4 rings (SSSR count). The maximum Gasteiger partial charge on any atom is 0.490 e. The molecule has 2 aliphatic rings. The van der Waals surface area contributed by atoms with E-state index in [1.54, 1.807) is 12.1 Å². The van der Waals surface area contributed by atoms with Crippen LogP contribution in [0.2, 0.25) is 0 Å². The van der Waals surface area contributed by atoms with Gasteiger partial charge in [-0.3, -0.25) is 9.58 Å². The predicted octanol–water partition coefficient (Wildman–Crippen LogP) is 3.70. The number of carboxylic acids is 2. The van der Waals surface area contributed by atoms with Gasteiger partial charge in [-0.15, -0.1) is 0 Å². The van der Waals surface area contributed by atoms with Crippen molar-refractivity contribution in [2.45, 2.75) is 37.3 Å². The van der Waals surface area contributed by atoms with Crippen molar-refractivity contribution in [1.82, 2.24) is 14.7 Å². The minimum atomic E-state index is -5.08. The van der Waals surface area contributed by atoms with Crippen LogP contribution in [0.15, 0.2) is 36.7 Å². The van der Waals surface area contributed by atoms with Gasteiger partial charge in [0.25, 0.3) is 0 Å². The maximum atomic E-state index is 13.6. The maximum absolute atomic E-state index is 13.6. The molecular weight excluding hydrogens is 545 g/mol. The van der Waals surface area contributed by atoms with Crippen molar-refractivity contribution in [1.29, 1.82) is 0 Å². The highest BCUT2D eigenvalue weighted by atomic mass is 19.4. The molecule has 1 spiro atoms. The number of nitrogens with zero attached hydrogens (tertiary/aromatic N) is 4. The lowest BCUT2D eigenvalue weighted by molar-refractivity contribution is -0.193. The van der Waals surface area contributed by atoms with E-state index in [9.17, 15) is 30.7 Å². The van der Waals surface area contributed by atoms with E-state index in [1.165, 1.54) is 11.6 Å². The standard InChI is InChI=1S/C19H25FN4O.2C2HF3O2/c1-22-12-16(11-21-22)13-23-8-9-25-19(14-23)6-3-7-24(15-19)18-5-2-4-17(20)10-18;2*3-2(4,5)1(6)7/h2,4-5,10-12H,3,6-9,13-15H2,1H3;2*(H,6,7). The Hall–Kier alpha value is -3.40. The van der Waals surface area contributed by atoms with Gasteiger partial charge in [0.2, 0.25) is 0 Å². The SMILES string of the molecule is Cn1cc(CN2CCOC3(CCCN(c4cccc(F)c4)C3)C2)cn1.O=C(O)C(F)(F)F.O=C(O)C(F)(F)F. The monoisotopic (exact) mass is 572 g/mol. The van der Waals surface area contributed by atoms with E-state index >= 15 is 0 Å². The van der Waals surface area contributed by atoms with Gasteiger partial charge in [0, 0.05) is 57.2 Å². The van der Waals surface area contributed by atoms with E-state index in [-0.39, 0.29) is 11.4 Å². The number of ether oxygens (including phenoxy) is 1. The molecule has 9 nitrogen and oxygen atoms in total. The Bertz CT molecular complexity index is 1080. The van der Waals surface area contributed by atoms with Crippen LogP contribution >= 0.6 is 0 Å². The highest BCUT2D eigenvalue weighted by Crippen LogP contribution is 2.32. The summed E-state index contributed by atoms with van der Waals surface area (Å²) in [6, 6.07) is 6.88. The Labute approximate surface area is 218 Å². The lowest BCUT2D eigenvalue weighted by Crippen LogP contribution is -2.59. The third-order valence-electron chi connectivity index (χ3n) is 5.69. The highest BCUT2D eigenvalue weighted by Gasteiger charge is 2.41. The number of piperidine rings is 1. The zero-order valence-corrected chi connectivity index (χ0v) is 20.7. The zero-order valence-electron chi connectivity index (χ0n) is 20.7. The number of carbonyl (C=O) groups is 2. The van der Waals surface area contributed by atoms with Crippen molar-refractivity contribution in [3.05, 3.63) is 48.0 Å². The summed E-state index contributed by atoms with van der Waals surface area (Å²) in [5.41, 5.74) is 2.02. The van der Waals surface area contributed by atoms with Crippen LogP contribution in [0.3, 0.4) is 0 Å². The third kappa shape index (κ3) is 10.4. The Kier molecular flexibility index (Phi) is 10.7. The first-order chi connectivity index (χ1) is 18.0. The van der Waals surface area contributed by atoms with Gasteiger partial charge in [0.1, 0.15) is 5.82 Å². The molecule has 0 amide bonds. The van der Waals surface area contributed by atoms with Gasteiger partial charge >= 0.3 is 24.3 Å². The fraction of sp³-hybridized carbons (Fsp3) is 0.522. The molecule has 1 atom stereocenters. The number of hydrogen-bond donors (Lipinski definition) is 2. The molecule has 2 aromatic rings. The first-order valence-corrected chi connectivity index (χ1v) is 11.5. The normalized spacial score (nSPS) is 19.9. The van der Waals surface area contributed by atoms with E-state index in [0.717, 1.165) is 57.9 Å². The Morgan fingerprint density at radius 2 is 1.67 bits per heavy atom. The van der Waals surface area contributed by atoms with Crippen molar-refractivity contribution in [2.75, 3.05) is 37.7 Å². The molecule has 0 bridgehead atoms. The van der Waals surface area contributed by atoms with Crippen LogP contribution in [0.25, 0.3) is 0 Å². The Balaban J connectivity index is 0.000000317. The number of alkyl halides is 6. The largest absolute Gasteiger partial charge is 0.490 e. The topological polar surface area (TPSA) is 108 Å². The summed E-state index contributed by atoms with van der Waals surface area (Å²) in [6.07, 6.45) is -4.04. The molecule has 2 N–H and O–H groups in total. The summed E-state index contributed by atoms with van der Waals surface area (Å²) in [5, 5.41) is 18.5. The van der Waals surface area contributed by atoms with E-state index in [1.807, 2.05) is 24.0 Å². The Morgan fingerprint density at radius 3 is 2.18 bits per heavy atom. The van der Waals surface area contributed by atoms with Gasteiger partial charge in [-0.2, -0.15) is 31.4 Å². The molecule has 218 valence electrons. The van der Waals surface area contributed by atoms with Crippen LogP contribution in [-0.4, -0.2) is 87.6 Å². The van der Waals surface area contributed by atoms with Gasteiger partial charge in [0.15, 0.2) is 0 Å². The lowest BCUT2D eigenvalue weighted by Gasteiger charge is -2.48. The molecule has 2 aliphatic heterocycles. The quantitative estimate of drug-likeness (QED) is 0.537. The fourth-order valence-corrected chi connectivity index (χ4v) is 4.11. The van der Waals surface area contributed by atoms with Crippen LogP contribution in [-0.2, 0) is 27.9 Å². The van der Waals surface area contributed by atoms with Crippen LogP contribution in [0.4, 0.5) is 36.4 Å². The second-order valence-electron chi connectivity index (χ2n) is 8.88. The summed E-state index contributed by atoms with van der Waals surface area (Å²) in [6.45, 7) is 5.28.